The first kappa shape index (κ1) is 21.2. The summed E-state index contributed by atoms with van der Waals surface area (Å²) < 4.78 is 0. The van der Waals surface area contributed by atoms with Gasteiger partial charge in [0.25, 0.3) is 0 Å². The Morgan fingerprint density at radius 1 is 1.09 bits per heavy atom. The molecule has 0 saturated carbocycles. The largest absolute Gasteiger partial charge is 0.290 e. The van der Waals surface area contributed by atoms with Gasteiger partial charge in [0.2, 0.25) is 5.91 Å². The van der Waals surface area contributed by atoms with Gasteiger partial charge in [-0.2, -0.15) is 0 Å². The molecule has 0 aliphatic carbocycles. The lowest BCUT2D eigenvalue weighted by Gasteiger charge is -2.36. The smallest absolute Gasteiger partial charge is 0.228 e. The summed E-state index contributed by atoms with van der Waals surface area (Å²) in [5, 5.41) is 1.10. The number of anilines is 1. The minimum absolute atomic E-state index is 0.104. The molecule has 0 radical (unpaired) electrons. The lowest BCUT2D eigenvalue weighted by Crippen LogP contribution is -2.38. The molecule has 2 aliphatic rings. The molecule has 8 heteroatoms. The Hall–Kier alpha value is -2.71. The molecule has 166 valence electrons. The zero-order valence-corrected chi connectivity index (χ0v) is 19.4. The van der Waals surface area contributed by atoms with E-state index in [-0.39, 0.29) is 11.9 Å². The number of hydrogen-bond donors (Lipinski definition) is 0. The highest BCUT2D eigenvalue weighted by Crippen LogP contribution is 2.35. The third-order valence-electron chi connectivity index (χ3n) is 6.34. The van der Waals surface area contributed by atoms with Gasteiger partial charge in [-0.05, 0) is 51.8 Å². The highest BCUT2D eigenvalue weighted by molar-refractivity contribution is 7.11. The molecule has 0 spiro atoms. The Morgan fingerprint density at radius 3 is 2.78 bits per heavy atom. The maximum absolute atomic E-state index is 12.9. The van der Waals surface area contributed by atoms with Crippen LogP contribution < -0.4 is 4.90 Å². The molecule has 7 nitrogen and oxygen atoms in total. The lowest BCUT2D eigenvalue weighted by molar-refractivity contribution is -0.119. The van der Waals surface area contributed by atoms with Gasteiger partial charge in [0, 0.05) is 41.5 Å². The predicted octanol–water partition coefficient (Wildman–Crippen LogP) is 4.15. The molecule has 0 aromatic carbocycles. The average molecular weight is 449 g/mol. The van der Waals surface area contributed by atoms with Gasteiger partial charge in [-0.3, -0.25) is 19.6 Å². The molecule has 3 aromatic heterocycles. The third kappa shape index (κ3) is 4.29. The average Bonchev–Trinajstić information content (AvgIpc) is 3.21. The highest BCUT2D eigenvalue weighted by atomic mass is 32.1. The normalized spacial score (nSPS) is 19.2. The number of rotatable bonds is 5. The molecule has 32 heavy (non-hydrogen) atoms. The zero-order valence-electron chi connectivity index (χ0n) is 18.6. The Morgan fingerprint density at radius 2 is 2.00 bits per heavy atom. The number of pyridine rings is 1. The maximum Gasteiger partial charge on any atom is 0.228 e. The fourth-order valence-corrected chi connectivity index (χ4v) is 5.54. The summed E-state index contributed by atoms with van der Waals surface area (Å²) in [6, 6.07) is 5.96. The number of nitrogens with zero attached hydrogens (tertiary/aromatic N) is 6. The summed E-state index contributed by atoms with van der Waals surface area (Å²) in [5.74, 6) is 1.71. The number of likely N-dealkylation sites (tertiary alicyclic amines) is 1. The third-order valence-corrected chi connectivity index (χ3v) is 7.24. The van der Waals surface area contributed by atoms with Crippen molar-refractivity contribution in [3.05, 3.63) is 63.3 Å². The minimum atomic E-state index is 0.104. The second kappa shape index (κ2) is 9.03. The molecule has 0 N–H and O–H groups in total. The summed E-state index contributed by atoms with van der Waals surface area (Å²) in [4.78, 5) is 37.3. The van der Waals surface area contributed by atoms with E-state index in [1.807, 2.05) is 31.3 Å². The van der Waals surface area contributed by atoms with Crippen molar-refractivity contribution in [1.29, 1.82) is 0 Å². The van der Waals surface area contributed by atoms with E-state index in [1.165, 1.54) is 17.7 Å². The molecule has 1 fully saturated rings. The first-order chi connectivity index (χ1) is 15.6. The van der Waals surface area contributed by atoms with Crippen LogP contribution in [-0.2, 0) is 24.3 Å². The van der Waals surface area contributed by atoms with E-state index in [0.29, 0.717) is 19.4 Å². The van der Waals surface area contributed by atoms with Gasteiger partial charge in [0.05, 0.1) is 23.3 Å². The monoisotopic (exact) mass is 448 g/mol. The standard InChI is InChI=1S/C24H28N6OS/c1-16-20-9-10-22(31)30(14-18-7-3-5-11-25-18)24(20)28-23(27-16)21-8-4-6-12-29(21)15-19-13-26-17(2)32-19/h3,5,7,11,13,21H,4,6,8-10,12,14-15H2,1-2H3. The molecule has 1 saturated heterocycles. The molecule has 5 rings (SSSR count). The van der Waals surface area contributed by atoms with Crippen molar-refractivity contribution >= 4 is 23.1 Å². The van der Waals surface area contributed by atoms with Gasteiger partial charge >= 0.3 is 0 Å². The fourth-order valence-electron chi connectivity index (χ4n) is 4.72. The first-order valence-corrected chi connectivity index (χ1v) is 12.1. The number of aryl methyl sites for hydroxylation is 2. The Labute approximate surface area is 192 Å². The van der Waals surface area contributed by atoms with Crippen molar-refractivity contribution in [2.75, 3.05) is 11.4 Å². The second-order valence-electron chi connectivity index (χ2n) is 8.60. The Balaban J connectivity index is 1.48. The molecule has 1 amide bonds. The number of amides is 1. The summed E-state index contributed by atoms with van der Waals surface area (Å²) in [5.41, 5.74) is 2.94. The quantitative estimate of drug-likeness (QED) is 0.584. The molecule has 2 aliphatic heterocycles. The van der Waals surface area contributed by atoms with Crippen LogP contribution in [0.25, 0.3) is 0 Å². The number of aromatic nitrogens is 4. The summed E-state index contributed by atoms with van der Waals surface area (Å²) in [6.45, 7) is 6.44. The number of fused-ring (bicyclic) bond motifs is 1. The van der Waals surface area contributed by atoms with Gasteiger partial charge in [-0.1, -0.05) is 12.5 Å². The number of hydrogen-bond acceptors (Lipinski definition) is 7. The van der Waals surface area contributed by atoms with Crippen LogP contribution in [-0.4, -0.2) is 37.3 Å². The number of piperidine rings is 1. The molecular formula is C24H28N6OS. The van der Waals surface area contributed by atoms with E-state index in [2.05, 4.69) is 21.8 Å². The van der Waals surface area contributed by atoms with Crippen LogP contribution in [0.15, 0.2) is 30.6 Å². The summed E-state index contributed by atoms with van der Waals surface area (Å²) >= 11 is 1.75. The molecule has 1 unspecified atom stereocenters. The topological polar surface area (TPSA) is 75.1 Å². The molecular weight excluding hydrogens is 420 g/mol. The lowest BCUT2D eigenvalue weighted by atomic mass is 9.99. The maximum atomic E-state index is 12.9. The Kier molecular flexibility index (Phi) is 5.97. The van der Waals surface area contributed by atoms with Crippen molar-refractivity contribution in [2.45, 2.75) is 65.1 Å². The van der Waals surface area contributed by atoms with Gasteiger partial charge in [-0.15, -0.1) is 11.3 Å². The molecule has 0 bridgehead atoms. The van der Waals surface area contributed by atoms with Crippen LogP contribution >= 0.6 is 11.3 Å². The molecule has 5 heterocycles. The van der Waals surface area contributed by atoms with E-state index in [4.69, 9.17) is 9.97 Å². The number of carbonyl (C=O) groups excluding carboxylic acids is 1. The van der Waals surface area contributed by atoms with Gasteiger partial charge in [-0.25, -0.2) is 15.0 Å². The highest BCUT2D eigenvalue weighted by Gasteiger charge is 2.32. The van der Waals surface area contributed by atoms with Crippen molar-refractivity contribution in [3.63, 3.8) is 0 Å². The van der Waals surface area contributed by atoms with Crippen LogP contribution in [0.3, 0.4) is 0 Å². The second-order valence-corrected chi connectivity index (χ2v) is 9.92. The SMILES string of the molecule is Cc1ncc(CN2CCCCC2c2nc(C)c3c(n2)N(Cc2ccccn2)C(=O)CC3)s1. The number of thiazole rings is 1. The van der Waals surface area contributed by atoms with E-state index < -0.39 is 0 Å². The Bertz CT molecular complexity index is 1110. The van der Waals surface area contributed by atoms with E-state index in [1.54, 1.807) is 22.4 Å². The van der Waals surface area contributed by atoms with Crippen molar-refractivity contribution < 1.29 is 4.79 Å². The minimum Gasteiger partial charge on any atom is -0.290 e. The van der Waals surface area contributed by atoms with Crippen LogP contribution in [0.1, 0.15) is 64.4 Å². The van der Waals surface area contributed by atoms with Crippen LogP contribution in [0.5, 0.6) is 0 Å². The van der Waals surface area contributed by atoms with Gasteiger partial charge < -0.3 is 0 Å². The van der Waals surface area contributed by atoms with Crippen LogP contribution in [0, 0.1) is 13.8 Å². The van der Waals surface area contributed by atoms with Crippen molar-refractivity contribution in [1.82, 2.24) is 24.8 Å². The zero-order chi connectivity index (χ0) is 22.1. The van der Waals surface area contributed by atoms with Crippen molar-refractivity contribution in [2.24, 2.45) is 0 Å². The van der Waals surface area contributed by atoms with Gasteiger partial charge in [0.15, 0.2) is 0 Å². The fraction of sp³-hybridized carbons (Fsp3) is 0.458. The molecule has 3 aromatic rings. The van der Waals surface area contributed by atoms with E-state index in [0.717, 1.165) is 53.1 Å². The van der Waals surface area contributed by atoms with Crippen molar-refractivity contribution in [3.8, 4) is 0 Å². The summed E-state index contributed by atoms with van der Waals surface area (Å²) in [6.07, 6.45) is 8.32. The van der Waals surface area contributed by atoms with Gasteiger partial charge in [0.1, 0.15) is 11.6 Å². The first-order valence-electron chi connectivity index (χ1n) is 11.3. The molecule has 1 atom stereocenters. The summed E-state index contributed by atoms with van der Waals surface area (Å²) in [7, 11) is 0. The van der Waals surface area contributed by atoms with Crippen LogP contribution in [0.4, 0.5) is 5.82 Å². The van der Waals surface area contributed by atoms with Crippen LogP contribution in [0.2, 0.25) is 0 Å². The predicted molar refractivity (Wildman–Crippen MR) is 124 cm³/mol. The van der Waals surface area contributed by atoms with E-state index >= 15 is 0 Å². The van der Waals surface area contributed by atoms with E-state index in [9.17, 15) is 4.79 Å². The number of carbonyl (C=O) groups is 1.